The van der Waals surface area contributed by atoms with Gasteiger partial charge in [-0.25, -0.2) is 4.79 Å². The number of hydrogen-bond donors (Lipinski definition) is 4. The van der Waals surface area contributed by atoms with Crippen LogP contribution in [0.15, 0.2) is 24.3 Å². The zero-order valence-corrected chi connectivity index (χ0v) is 30.9. The maximum absolute atomic E-state index is 12.6. The molecule has 50 heavy (non-hydrogen) atoms. The maximum Gasteiger partial charge on any atom is 0.335 e. The fourth-order valence-corrected chi connectivity index (χ4v) is 5.64. The van der Waals surface area contributed by atoms with Crippen molar-refractivity contribution in [3.05, 3.63) is 24.3 Å². The first-order chi connectivity index (χ1) is 24.2. The van der Waals surface area contributed by atoms with Crippen LogP contribution in [0.25, 0.3) is 0 Å². The van der Waals surface area contributed by atoms with Gasteiger partial charge in [0.05, 0.1) is 6.61 Å². The number of esters is 2. The monoisotopic (exact) mass is 712 g/mol. The molecule has 1 saturated heterocycles. The van der Waals surface area contributed by atoms with E-state index < -0.39 is 61.3 Å². The molecule has 0 amide bonds. The van der Waals surface area contributed by atoms with Gasteiger partial charge in [0.25, 0.3) is 0 Å². The number of unbranched alkanes of at least 4 members (excludes halogenated alkanes) is 16. The smallest absolute Gasteiger partial charge is 0.335 e. The first-order valence-corrected chi connectivity index (χ1v) is 19.4. The molecule has 0 bridgehead atoms. The van der Waals surface area contributed by atoms with Crippen LogP contribution in [-0.2, 0) is 33.3 Å². The lowest BCUT2D eigenvalue weighted by atomic mass is 9.99. The largest absolute Gasteiger partial charge is 0.479 e. The van der Waals surface area contributed by atoms with E-state index >= 15 is 0 Å². The second-order valence-corrected chi connectivity index (χ2v) is 13.4. The summed E-state index contributed by atoms with van der Waals surface area (Å²) in [6, 6.07) is 0. The Morgan fingerprint density at radius 3 is 1.64 bits per heavy atom. The van der Waals surface area contributed by atoms with Gasteiger partial charge in [0.1, 0.15) is 24.9 Å². The van der Waals surface area contributed by atoms with Crippen LogP contribution in [0.2, 0.25) is 0 Å². The quantitative estimate of drug-likeness (QED) is 0.0329. The molecule has 4 N–H and O–H groups in total. The van der Waals surface area contributed by atoms with Crippen LogP contribution in [0.5, 0.6) is 0 Å². The van der Waals surface area contributed by atoms with E-state index in [4.69, 9.17) is 18.9 Å². The molecule has 1 aliphatic heterocycles. The summed E-state index contributed by atoms with van der Waals surface area (Å²) in [5.74, 6) is -2.47. The summed E-state index contributed by atoms with van der Waals surface area (Å²) in [7, 11) is 0. The van der Waals surface area contributed by atoms with Gasteiger partial charge >= 0.3 is 17.9 Å². The zero-order chi connectivity index (χ0) is 36.8. The number of rotatable bonds is 31. The summed E-state index contributed by atoms with van der Waals surface area (Å²) < 4.78 is 21.6. The third-order valence-corrected chi connectivity index (χ3v) is 8.75. The molecule has 0 aromatic rings. The van der Waals surface area contributed by atoms with Gasteiger partial charge in [0, 0.05) is 12.8 Å². The molecule has 0 aliphatic carbocycles. The Labute approximate surface area is 300 Å². The lowest BCUT2D eigenvalue weighted by molar-refractivity contribution is -0.298. The average Bonchev–Trinajstić information content (AvgIpc) is 3.09. The lowest BCUT2D eigenvalue weighted by Crippen LogP contribution is -2.60. The van der Waals surface area contributed by atoms with Gasteiger partial charge in [-0.05, 0) is 57.8 Å². The van der Waals surface area contributed by atoms with E-state index in [0.717, 1.165) is 83.5 Å². The summed E-state index contributed by atoms with van der Waals surface area (Å²) >= 11 is 0. The molecule has 11 nitrogen and oxygen atoms in total. The van der Waals surface area contributed by atoms with Crippen molar-refractivity contribution in [3.63, 3.8) is 0 Å². The normalized spacial score (nSPS) is 21.5. The molecule has 6 atom stereocenters. The highest BCUT2D eigenvalue weighted by Crippen LogP contribution is 2.23. The molecule has 6 unspecified atom stereocenters. The minimum Gasteiger partial charge on any atom is -0.479 e. The molecule has 1 aliphatic rings. The van der Waals surface area contributed by atoms with E-state index in [2.05, 4.69) is 38.2 Å². The van der Waals surface area contributed by atoms with Crippen LogP contribution in [0.1, 0.15) is 155 Å². The molecule has 0 aromatic heterocycles. The van der Waals surface area contributed by atoms with E-state index in [9.17, 15) is 34.8 Å². The fourth-order valence-electron chi connectivity index (χ4n) is 5.64. The molecular weight excluding hydrogens is 644 g/mol. The van der Waals surface area contributed by atoms with Gasteiger partial charge in [-0.3, -0.25) is 9.59 Å². The Morgan fingerprint density at radius 2 is 1.10 bits per heavy atom. The number of hydrogen-bond acceptors (Lipinski definition) is 10. The topological polar surface area (TPSA) is 169 Å². The van der Waals surface area contributed by atoms with Crippen LogP contribution in [0, 0.1) is 0 Å². The van der Waals surface area contributed by atoms with Gasteiger partial charge in [-0.15, -0.1) is 0 Å². The molecule has 290 valence electrons. The van der Waals surface area contributed by atoms with Gasteiger partial charge in [0.2, 0.25) is 0 Å². The van der Waals surface area contributed by atoms with Crippen molar-refractivity contribution < 1.29 is 53.8 Å². The van der Waals surface area contributed by atoms with Crippen molar-refractivity contribution in [2.24, 2.45) is 0 Å². The molecule has 1 fully saturated rings. The molecule has 11 heteroatoms. The first kappa shape index (κ1) is 45.7. The number of aliphatic hydroxyl groups excluding tert-OH is 3. The van der Waals surface area contributed by atoms with Gasteiger partial charge in [-0.1, -0.05) is 109 Å². The number of carbonyl (C=O) groups is 3. The Morgan fingerprint density at radius 1 is 0.600 bits per heavy atom. The van der Waals surface area contributed by atoms with Gasteiger partial charge in [-0.2, -0.15) is 0 Å². The number of aliphatic hydroxyl groups is 3. The van der Waals surface area contributed by atoms with Crippen molar-refractivity contribution in [2.75, 3.05) is 13.2 Å². The van der Waals surface area contributed by atoms with Crippen molar-refractivity contribution in [2.45, 2.75) is 192 Å². The molecule has 0 saturated carbocycles. The summed E-state index contributed by atoms with van der Waals surface area (Å²) in [6.45, 7) is 3.69. The van der Waals surface area contributed by atoms with Crippen LogP contribution in [0.3, 0.4) is 0 Å². The van der Waals surface area contributed by atoms with Crippen LogP contribution in [-0.4, -0.2) is 88.4 Å². The molecule has 1 heterocycles. The Kier molecular flexibility index (Phi) is 27.7. The molecule has 0 aromatic carbocycles. The predicted octanol–water partition coefficient (Wildman–Crippen LogP) is 7.08. The van der Waals surface area contributed by atoms with Crippen molar-refractivity contribution in [3.8, 4) is 0 Å². The van der Waals surface area contributed by atoms with E-state index in [-0.39, 0.29) is 19.4 Å². The van der Waals surface area contributed by atoms with Crippen molar-refractivity contribution >= 4 is 17.9 Å². The highest BCUT2D eigenvalue weighted by Gasteiger charge is 2.47. The first-order valence-electron chi connectivity index (χ1n) is 19.4. The lowest BCUT2D eigenvalue weighted by Gasteiger charge is -2.38. The number of carboxylic acid groups (broad SMARTS) is 1. The fraction of sp³-hybridized carbons (Fsp3) is 0.821. The zero-order valence-electron chi connectivity index (χ0n) is 30.9. The number of carboxylic acids is 1. The number of allylic oxidation sites excluding steroid dienone is 4. The number of carbonyl (C=O) groups excluding carboxylic acids is 2. The Balaban J connectivity index is 2.44. The summed E-state index contributed by atoms with van der Waals surface area (Å²) in [5, 5.41) is 39.6. The van der Waals surface area contributed by atoms with E-state index in [1.807, 2.05) is 0 Å². The molecule has 0 spiro atoms. The third kappa shape index (κ3) is 22.5. The minimum absolute atomic E-state index is 0.171. The second kappa shape index (κ2) is 30.3. The number of aliphatic carboxylic acids is 1. The van der Waals surface area contributed by atoms with Gasteiger partial charge < -0.3 is 39.4 Å². The maximum atomic E-state index is 12.6. The molecule has 1 rings (SSSR count). The second-order valence-electron chi connectivity index (χ2n) is 13.4. The predicted molar refractivity (Wildman–Crippen MR) is 192 cm³/mol. The van der Waals surface area contributed by atoms with Crippen LogP contribution < -0.4 is 0 Å². The third-order valence-electron chi connectivity index (χ3n) is 8.75. The average molecular weight is 713 g/mol. The van der Waals surface area contributed by atoms with Gasteiger partial charge in [0.15, 0.2) is 18.5 Å². The van der Waals surface area contributed by atoms with E-state index in [0.29, 0.717) is 12.8 Å². The summed E-state index contributed by atoms with van der Waals surface area (Å²) in [5.41, 5.74) is 0. The minimum atomic E-state index is -1.86. The number of ether oxygens (including phenoxy) is 4. The van der Waals surface area contributed by atoms with Crippen molar-refractivity contribution in [1.82, 2.24) is 0 Å². The standard InChI is InChI=1S/C39H68O11/c1-3-5-7-9-11-13-15-16-17-18-20-21-23-25-27-32(40)47-29-31(30-48-39-36(44)34(42)35(43)37(50-39)38(45)46)49-33(41)28-26-24-22-19-14-12-10-8-6-4-2/h8,10,15-16,31,34-37,39,42-44H,3-7,9,11-14,17-30H2,1-2H3,(H,45,46)/b10-8-,16-15-. The summed E-state index contributed by atoms with van der Waals surface area (Å²) in [4.78, 5) is 36.5. The van der Waals surface area contributed by atoms with Crippen molar-refractivity contribution in [1.29, 1.82) is 0 Å². The highest BCUT2D eigenvalue weighted by atomic mass is 16.7. The summed E-state index contributed by atoms with van der Waals surface area (Å²) in [6.07, 6.45) is 21.1. The van der Waals surface area contributed by atoms with E-state index in [1.165, 1.54) is 32.1 Å². The van der Waals surface area contributed by atoms with Crippen LogP contribution in [0.4, 0.5) is 0 Å². The molecule has 0 radical (unpaired) electrons. The van der Waals surface area contributed by atoms with E-state index in [1.54, 1.807) is 0 Å². The SMILES string of the molecule is CCC/C=C\CCCCCCCC(=O)OC(COC(=O)CCCCCCC/C=C\CCCCCCC)COC1OC(C(=O)O)C(O)C(O)C1O. The Bertz CT molecular complexity index is 937. The Hall–Kier alpha value is -2.31. The highest BCUT2D eigenvalue weighted by molar-refractivity contribution is 5.73. The van der Waals surface area contributed by atoms with Crippen LogP contribution >= 0.6 is 0 Å². The molecular formula is C39H68O11.